The molecule has 26 heavy (non-hydrogen) atoms. The summed E-state index contributed by atoms with van der Waals surface area (Å²) in [6.45, 7) is 4.70. The van der Waals surface area contributed by atoms with Crippen molar-refractivity contribution in [1.82, 2.24) is 10.3 Å². The Kier molecular flexibility index (Phi) is 6.43. The smallest absolute Gasteiger partial charge is 0.439 e. The minimum absolute atomic E-state index is 0.158. The Morgan fingerprint density at radius 3 is 2.42 bits per heavy atom. The van der Waals surface area contributed by atoms with Crippen molar-refractivity contribution in [3.63, 3.8) is 0 Å². The summed E-state index contributed by atoms with van der Waals surface area (Å²) in [4.78, 5) is 16.1. The first kappa shape index (κ1) is 19.6. The number of hydrogen-bond acceptors (Lipinski definition) is 4. The van der Waals surface area contributed by atoms with Gasteiger partial charge in [0.15, 0.2) is 0 Å². The molecule has 2 rings (SSSR count). The predicted molar refractivity (Wildman–Crippen MR) is 89.2 cm³/mol. The SMILES string of the molecule is CC(C)CCNC(=O)c1ccnc(Oc2ccc(OC(F)(F)F)cc2)c1. The van der Waals surface area contributed by atoms with E-state index in [4.69, 9.17) is 4.74 Å². The van der Waals surface area contributed by atoms with Gasteiger partial charge in [0.25, 0.3) is 5.91 Å². The molecule has 0 saturated carbocycles. The summed E-state index contributed by atoms with van der Waals surface area (Å²) < 4.78 is 45.7. The van der Waals surface area contributed by atoms with Gasteiger partial charge in [-0.05, 0) is 42.7 Å². The third-order valence-corrected chi connectivity index (χ3v) is 3.28. The molecule has 1 aromatic heterocycles. The van der Waals surface area contributed by atoms with E-state index in [1.54, 1.807) is 6.07 Å². The second-order valence-corrected chi connectivity index (χ2v) is 5.94. The van der Waals surface area contributed by atoms with Crippen LogP contribution >= 0.6 is 0 Å². The molecule has 5 nitrogen and oxygen atoms in total. The van der Waals surface area contributed by atoms with Crippen molar-refractivity contribution >= 4 is 5.91 Å². The molecule has 140 valence electrons. The van der Waals surface area contributed by atoms with Gasteiger partial charge >= 0.3 is 6.36 Å². The quantitative estimate of drug-likeness (QED) is 0.779. The summed E-state index contributed by atoms with van der Waals surface area (Å²) in [5.41, 5.74) is 0.385. The fraction of sp³-hybridized carbons (Fsp3) is 0.333. The molecule has 8 heteroatoms. The Bertz CT molecular complexity index is 731. The number of rotatable bonds is 7. The van der Waals surface area contributed by atoms with Gasteiger partial charge in [0.2, 0.25) is 5.88 Å². The van der Waals surface area contributed by atoms with E-state index in [0.717, 1.165) is 18.6 Å². The zero-order chi connectivity index (χ0) is 19.2. The van der Waals surface area contributed by atoms with Gasteiger partial charge in [-0.2, -0.15) is 0 Å². The lowest BCUT2D eigenvalue weighted by Gasteiger charge is -2.10. The Morgan fingerprint density at radius 2 is 1.81 bits per heavy atom. The first-order valence-electron chi connectivity index (χ1n) is 8.01. The lowest BCUT2D eigenvalue weighted by Crippen LogP contribution is -2.25. The number of aromatic nitrogens is 1. The lowest BCUT2D eigenvalue weighted by molar-refractivity contribution is -0.274. The number of alkyl halides is 3. The van der Waals surface area contributed by atoms with E-state index in [1.807, 2.05) is 0 Å². The molecule has 0 spiro atoms. The first-order valence-corrected chi connectivity index (χ1v) is 8.01. The standard InChI is InChI=1S/C18H19F3N2O3/c1-12(2)7-9-23-17(24)13-8-10-22-16(11-13)25-14-3-5-15(6-4-14)26-18(19,20)21/h3-6,8,10-12H,7,9H2,1-2H3,(H,23,24). The van der Waals surface area contributed by atoms with Crippen LogP contribution in [0.1, 0.15) is 30.6 Å². The van der Waals surface area contributed by atoms with Crippen molar-refractivity contribution in [2.45, 2.75) is 26.6 Å². The van der Waals surface area contributed by atoms with Crippen LogP contribution in [0.4, 0.5) is 13.2 Å². The summed E-state index contributed by atoms with van der Waals surface area (Å²) in [6, 6.07) is 7.91. The molecule has 2 aromatic rings. The second-order valence-electron chi connectivity index (χ2n) is 5.94. The minimum Gasteiger partial charge on any atom is -0.439 e. The number of halogens is 3. The molecule has 0 bridgehead atoms. The molecule has 1 amide bonds. The minimum atomic E-state index is -4.75. The highest BCUT2D eigenvalue weighted by molar-refractivity contribution is 5.94. The maximum absolute atomic E-state index is 12.1. The molecule has 0 radical (unpaired) electrons. The van der Waals surface area contributed by atoms with Crippen LogP contribution in [0.2, 0.25) is 0 Å². The molecule has 1 heterocycles. The van der Waals surface area contributed by atoms with Gasteiger partial charge in [0.1, 0.15) is 11.5 Å². The number of benzene rings is 1. The number of ether oxygens (including phenoxy) is 2. The Hall–Kier alpha value is -2.77. The van der Waals surface area contributed by atoms with Crippen LogP contribution in [0, 0.1) is 5.92 Å². The number of amides is 1. The predicted octanol–water partition coefficient (Wildman–Crippen LogP) is 4.55. The zero-order valence-electron chi connectivity index (χ0n) is 14.3. The molecule has 0 atom stereocenters. The van der Waals surface area contributed by atoms with E-state index in [0.29, 0.717) is 18.0 Å². The normalized spacial score (nSPS) is 11.3. The number of carbonyl (C=O) groups is 1. The van der Waals surface area contributed by atoms with Gasteiger partial charge in [0, 0.05) is 24.4 Å². The molecule has 1 aromatic carbocycles. The van der Waals surface area contributed by atoms with E-state index in [9.17, 15) is 18.0 Å². The Labute approximate surface area is 149 Å². The van der Waals surface area contributed by atoms with Gasteiger partial charge in [-0.25, -0.2) is 4.98 Å². The summed E-state index contributed by atoms with van der Waals surface area (Å²) in [5, 5.41) is 2.81. The van der Waals surface area contributed by atoms with E-state index < -0.39 is 6.36 Å². The van der Waals surface area contributed by atoms with Crippen molar-refractivity contribution in [2.75, 3.05) is 6.54 Å². The highest BCUT2D eigenvalue weighted by atomic mass is 19.4. The van der Waals surface area contributed by atoms with Crippen molar-refractivity contribution in [2.24, 2.45) is 5.92 Å². The van der Waals surface area contributed by atoms with Crippen LogP contribution in [0.5, 0.6) is 17.4 Å². The third kappa shape index (κ3) is 6.62. The maximum atomic E-state index is 12.1. The van der Waals surface area contributed by atoms with Gasteiger partial charge in [-0.15, -0.1) is 13.2 Å². The number of pyridine rings is 1. The van der Waals surface area contributed by atoms with Crippen LogP contribution in [-0.4, -0.2) is 23.8 Å². The maximum Gasteiger partial charge on any atom is 0.573 e. The molecule has 0 unspecified atom stereocenters. The second kappa shape index (κ2) is 8.55. The lowest BCUT2D eigenvalue weighted by atomic mass is 10.1. The molecule has 0 saturated heterocycles. The monoisotopic (exact) mass is 368 g/mol. The van der Waals surface area contributed by atoms with E-state index in [2.05, 4.69) is 28.9 Å². The average molecular weight is 368 g/mol. The van der Waals surface area contributed by atoms with Crippen LogP contribution in [-0.2, 0) is 0 Å². The number of nitrogens with one attached hydrogen (secondary N) is 1. The Balaban J connectivity index is 1.98. The van der Waals surface area contributed by atoms with E-state index in [1.165, 1.54) is 24.4 Å². The molecule has 0 fully saturated rings. The van der Waals surface area contributed by atoms with Crippen molar-refractivity contribution < 1.29 is 27.4 Å². The third-order valence-electron chi connectivity index (χ3n) is 3.28. The average Bonchev–Trinajstić information content (AvgIpc) is 2.55. The molecule has 0 aliphatic heterocycles. The summed E-state index contributed by atoms with van der Waals surface area (Å²) in [5.74, 6) is 0.314. The number of nitrogens with zero attached hydrogens (tertiary/aromatic N) is 1. The van der Waals surface area contributed by atoms with Gasteiger partial charge < -0.3 is 14.8 Å². The van der Waals surface area contributed by atoms with Crippen LogP contribution < -0.4 is 14.8 Å². The van der Waals surface area contributed by atoms with Crippen molar-refractivity contribution in [3.05, 3.63) is 48.2 Å². The highest BCUT2D eigenvalue weighted by Gasteiger charge is 2.30. The molecular weight excluding hydrogens is 349 g/mol. The van der Waals surface area contributed by atoms with Crippen LogP contribution in [0.15, 0.2) is 42.6 Å². The van der Waals surface area contributed by atoms with Crippen LogP contribution in [0.3, 0.4) is 0 Å². The van der Waals surface area contributed by atoms with Gasteiger partial charge in [0.05, 0.1) is 0 Å². The highest BCUT2D eigenvalue weighted by Crippen LogP contribution is 2.26. The molecule has 0 aliphatic rings. The summed E-state index contributed by atoms with van der Waals surface area (Å²) in [6.07, 6.45) is -2.46. The zero-order valence-corrected chi connectivity index (χ0v) is 14.3. The van der Waals surface area contributed by atoms with E-state index in [-0.39, 0.29) is 23.3 Å². The van der Waals surface area contributed by atoms with Crippen molar-refractivity contribution in [3.8, 4) is 17.4 Å². The van der Waals surface area contributed by atoms with E-state index >= 15 is 0 Å². The molecule has 0 aliphatic carbocycles. The topological polar surface area (TPSA) is 60.5 Å². The summed E-state index contributed by atoms with van der Waals surface area (Å²) in [7, 11) is 0. The largest absolute Gasteiger partial charge is 0.573 e. The van der Waals surface area contributed by atoms with Gasteiger partial charge in [-0.3, -0.25) is 4.79 Å². The molecular formula is C18H19F3N2O3. The fourth-order valence-corrected chi connectivity index (χ4v) is 2.01. The van der Waals surface area contributed by atoms with Crippen LogP contribution in [0.25, 0.3) is 0 Å². The number of hydrogen-bond donors (Lipinski definition) is 1. The fourth-order valence-electron chi connectivity index (χ4n) is 2.01. The summed E-state index contributed by atoms with van der Waals surface area (Å²) >= 11 is 0. The first-order chi connectivity index (χ1) is 12.2. The molecule has 1 N–H and O–H groups in total. The van der Waals surface area contributed by atoms with Gasteiger partial charge in [-0.1, -0.05) is 13.8 Å². The Morgan fingerprint density at radius 1 is 1.15 bits per heavy atom. The number of carbonyl (C=O) groups excluding carboxylic acids is 1. The van der Waals surface area contributed by atoms with Crippen molar-refractivity contribution in [1.29, 1.82) is 0 Å².